The molecule has 1 aromatic heterocycles. The first-order valence-corrected chi connectivity index (χ1v) is 7.66. The van der Waals surface area contributed by atoms with Gasteiger partial charge in [0.25, 0.3) is 0 Å². The smallest absolute Gasteiger partial charge is 0.189 e. The fraction of sp³-hybridized carbons (Fsp3) is 0.333. The minimum atomic E-state index is -0.0694. The molecule has 5 nitrogen and oxygen atoms in total. The molecule has 0 bridgehead atoms. The monoisotopic (exact) mass is 339 g/mol. The van der Waals surface area contributed by atoms with Gasteiger partial charge in [-0.15, -0.1) is 0 Å². The molecule has 1 aromatic carbocycles. The molecule has 0 radical (unpaired) electrons. The van der Waals surface area contributed by atoms with Gasteiger partial charge in [-0.1, -0.05) is 29.3 Å². The van der Waals surface area contributed by atoms with Gasteiger partial charge < -0.3 is 11.1 Å². The van der Waals surface area contributed by atoms with Crippen molar-refractivity contribution in [1.82, 2.24) is 15.5 Å². The van der Waals surface area contributed by atoms with Crippen molar-refractivity contribution in [1.29, 1.82) is 0 Å². The zero-order valence-electron chi connectivity index (χ0n) is 12.7. The molecular weight excluding hydrogens is 321 g/mol. The van der Waals surface area contributed by atoms with Crippen molar-refractivity contribution in [3.63, 3.8) is 0 Å². The maximum Gasteiger partial charge on any atom is 0.189 e. The van der Waals surface area contributed by atoms with E-state index in [2.05, 4.69) is 20.5 Å². The minimum Gasteiger partial charge on any atom is -0.370 e. The molecule has 2 aromatic rings. The molecular formula is C15H19Cl2N5. The third-order valence-corrected chi connectivity index (χ3v) is 4.04. The van der Waals surface area contributed by atoms with Crippen LogP contribution in [0.4, 0.5) is 0 Å². The summed E-state index contributed by atoms with van der Waals surface area (Å²) in [4.78, 5) is 4.36. The lowest BCUT2D eigenvalue weighted by molar-refractivity contribution is 0.708. The molecule has 0 aliphatic carbocycles. The second-order valence-corrected chi connectivity index (χ2v) is 5.99. The summed E-state index contributed by atoms with van der Waals surface area (Å²) >= 11 is 12.1. The van der Waals surface area contributed by atoms with E-state index in [9.17, 15) is 0 Å². The van der Waals surface area contributed by atoms with E-state index in [-0.39, 0.29) is 6.04 Å². The summed E-state index contributed by atoms with van der Waals surface area (Å²) in [5.41, 5.74) is 9.86. The van der Waals surface area contributed by atoms with Crippen LogP contribution >= 0.6 is 23.2 Å². The standard InChI is InChI=1S/C15H19Cl2N5/c1-8(12-5-4-11(16)6-14(12)17)20-15(18)19-7-13-9(2)21-22-10(13)3/h4-6,8H,7H2,1-3H3,(H,21,22)(H3,18,19,20). The van der Waals surface area contributed by atoms with Gasteiger partial charge in [-0.25, -0.2) is 4.99 Å². The zero-order valence-corrected chi connectivity index (χ0v) is 14.3. The molecule has 0 saturated heterocycles. The van der Waals surface area contributed by atoms with E-state index < -0.39 is 0 Å². The summed E-state index contributed by atoms with van der Waals surface area (Å²) < 4.78 is 0. The number of aliphatic imine (C=N–C) groups is 1. The summed E-state index contributed by atoms with van der Waals surface area (Å²) in [6, 6.07) is 5.31. The number of H-pyrrole nitrogens is 1. The third kappa shape index (κ3) is 3.93. The van der Waals surface area contributed by atoms with Crippen LogP contribution in [-0.2, 0) is 6.54 Å². The Morgan fingerprint density at radius 1 is 1.41 bits per heavy atom. The Hall–Kier alpha value is -1.72. The van der Waals surface area contributed by atoms with Crippen LogP contribution in [0.1, 0.15) is 35.5 Å². The van der Waals surface area contributed by atoms with Crippen LogP contribution in [0.15, 0.2) is 23.2 Å². The quantitative estimate of drug-likeness (QED) is 0.589. The molecule has 0 aliphatic rings. The predicted molar refractivity (Wildman–Crippen MR) is 91.4 cm³/mol. The van der Waals surface area contributed by atoms with Crippen LogP contribution in [0.3, 0.4) is 0 Å². The number of nitrogens with two attached hydrogens (primary N) is 1. The maximum absolute atomic E-state index is 6.19. The molecule has 4 N–H and O–H groups in total. The summed E-state index contributed by atoms with van der Waals surface area (Å²) in [6.45, 7) is 6.35. The lowest BCUT2D eigenvalue weighted by atomic mass is 10.1. The maximum atomic E-state index is 6.19. The molecule has 118 valence electrons. The molecule has 1 atom stereocenters. The first kappa shape index (κ1) is 16.6. The van der Waals surface area contributed by atoms with Crippen LogP contribution < -0.4 is 11.1 Å². The van der Waals surface area contributed by atoms with Crippen molar-refractivity contribution in [3.8, 4) is 0 Å². The van der Waals surface area contributed by atoms with Gasteiger partial charge >= 0.3 is 0 Å². The predicted octanol–water partition coefficient (Wildman–Crippen LogP) is 3.50. The van der Waals surface area contributed by atoms with E-state index in [0.717, 1.165) is 22.5 Å². The van der Waals surface area contributed by atoms with Crippen LogP contribution in [0, 0.1) is 13.8 Å². The molecule has 2 rings (SSSR count). The number of nitrogens with one attached hydrogen (secondary N) is 2. The van der Waals surface area contributed by atoms with Gasteiger partial charge in [0.2, 0.25) is 0 Å². The Bertz CT molecular complexity index is 674. The van der Waals surface area contributed by atoms with Crippen LogP contribution in [0.5, 0.6) is 0 Å². The Morgan fingerprint density at radius 3 is 2.73 bits per heavy atom. The van der Waals surface area contributed by atoms with E-state index >= 15 is 0 Å². The van der Waals surface area contributed by atoms with Gasteiger partial charge in [-0.3, -0.25) is 5.10 Å². The first-order chi connectivity index (χ1) is 10.4. The average molecular weight is 340 g/mol. The molecule has 0 saturated carbocycles. The fourth-order valence-electron chi connectivity index (χ4n) is 2.17. The van der Waals surface area contributed by atoms with Crippen molar-refractivity contribution in [3.05, 3.63) is 50.8 Å². The van der Waals surface area contributed by atoms with Gasteiger partial charge in [0.1, 0.15) is 0 Å². The molecule has 22 heavy (non-hydrogen) atoms. The molecule has 1 unspecified atom stereocenters. The summed E-state index contributed by atoms with van der Waals surface area (Å²) in [7, 11) is 0. The number of benzene rings is 1. The van der Waals surface area contributed by atoms with Gasteiger partial charge in [0.15, 0.2) is 5.96 Å². The zero-order chi connectivity index (χ0) is 16.3. The highest BCUT2D eigenvalue weighted by Crippen LogP contribution is 2.25. The number of halogens is 2. The second-order valence-electron chi connectivity index (χ2n) is 5.15. The van der Waals surface area contributed by atoms with Gasteiger partial charge in [-0.05, 0) is 38.5 Å². The molecule has 0 spiro atoms. The van der Waals surface area contributed by atoms with E-state index in [4.69, 9.17) is 28.9 Å². The Morgan fingerprint density at radius 2 is 2.14 bits per heavy atom. The van der Waals surface area contributed by atoms with E-state index in [1.807, 2.05) is 26.8 Å². The van der Waals surface area contributed by atoms with Crippen LogP contribution in [0.25, 0.3) is 0 Å². The van der Waals surface area contributed by atoms with Crippen LogP contribution in [0.2, 0.25) is 10.0 Å². The van der Waals surface area contributed by atoms with E-state index in [0.29, 0.717) is 22.5 Å². The average Bonchev–Trinajstić information content (AvgIpc) is 2.75. The van der Waals surface area contributed by atoms with E-state index in [1.54, 1.807) is 12.1 Å². The number of aromatic amines is 1. The van der Waals surface area contributed by atoms with E-state index in [1.165, 1.54) is 0 Å². The van der Waals surface area contributed by atoms with Gasteiger partial charge in [0.05, 0.1) is 18.3 Å². The van der Waals surface area contributed by atoms with Crippen molar-refractivity contribution in [2.75, 3.05) is 0 Å². The van der Waals surface area contributed by atoms with Gasteiger partial charge in [-0.2, -0.15) is 5.10 Å². The number of nitrogens with zero attached hydrogens (tertiary/aromatic N) is 2. The van der Waals surface area contributed by atoms with Crippen molar-refractivity contribution < 1.29 is 0 Å². The first-order valence-electron chi connectivity index (χ1n) is 6.90. The van der Waals surface area contributed by atoms with Crippen molar-refractivity contribution in [2.45, 2.75) is 33.4 Å². The highest BCUT2D eigenvalue weighted by molar-refractivity contribution is 6.35. The highest BCUT2D eigenvalue weighted by Gasteiger charge is 2.11. The third-order valence-electron chi connectivity index (χ3n) is 3.48. The Balaban J connectivity index is 2.04. The Kier molecular flexibility index (Phi) is 5.32. The fourth-order valence-corrected chi connectivity index (χ4v) is 2.74. The molecule has 0 aliphatic heterocycles. The second kappa shape index (κ2) is 7.03. The number of hydrogen-bond donors (Lipinski definition) is 3. The topological polar surface area (TPSA) is 79.1 Å². The molecule has 7 heteroatoms. The normalized spacial score (nSPS) is 13.2. The number of guanidine groups is 1. The molecule has 0 fully saturated rings. The number of hydrogen-bond acceptors (Lipinski definition) is 2. The van der Waals surface area contributed by atoms with Crippen molar-refractivity contribution in [2.24, 2.45) is 10.7 Å². The van der Waals surface area contributed by atoms with Crippen molar-refractivity contribution >= 4 is 29.2 Å². The summed E-state index contributed by atoms with van der Waals surface area (Å²) in [5.74, 6) is 0.360. The summed E-state index contributed by atoms with van der Waals surface area (Å²) in [6.07, 6.45) is 0. The number of rotatable bonds is 4. The largest absolute Gasteiger partial charge is 0.370 e. The lowest BCUT2D eigenvalue weighted by Gasteiger charge is -2.16. The molecule has 0 amide bonds. The minimum absolute atomic E-state index is 0.0694. The van der Waals surface area contributed by atoms with Crippen LogP contribution in [-0.4, -0.2) is 16.2 Å². The summed E-state index contributed by atoms with van der Waals surface area (Å²) in [5, 5.41) is 11.4. The number of aryl methyl sites for hydroxylation is 2. The molecule has 1 heterocycles. The Labute approximate surface area is 139 Å². The van der Waals surface area contributed by atoms with Gasteiger partial charge in [0, 0.05) is 21.3 Å². The lowest BCUT2D eigenvalue weighted by Crippen LogP contribution is -2.34. The number of aromatic nitrogens is 2. The SMILES string of the molecule is Cc1n[nH]c(C)c1CN=C(N)NC(C)c1ccc(Cl)cc1Cl. The highest BCUT2D eigenvalue weighted by atomic mass is 35.5.